The van der Waals surface area contributed by atoms with Gasteiger partial charge in [-0.2, -0.15) is 4.31 Å². The third kappa shape index (κ3) is 5.64. The molecule has 0 atom stereocenters. The number of halogens is 1. The Hall–Kier alpha value is -1.25. The van der Waals surface area contributed by atoms with Crippen LogP contribution in [0.3, 0.4) is 0 Å². The number of guanidine groups is 1. The number of aliphatic imine (C=N–C) groups is 1. The maximum Gasteiger partial charge on any atom is 0.220 e. The minimum Gasteiger partial charge on any atom is -0.364 e. The molecule has 0 unspecified atom stereocenters. The number of hydrogen-bond acceptors (Lipinski definition) is 7. The van der Waals surface area contributed by atoms with Gasteiger partial charge in [0.25, 0.3) is 0 Å². The molecular formula is C16H25IN6O3S2. The van der Waals surface area contributed by atoms with Gasteiger partial charge in [-0.1, -0.05) is 5.16 Å². The SMILES string of the molecule is CN=C(NCc1sc(C)nc1C)N1CCN(S(=O)(=O)Cc2ccon2)CC1.I. The van der Waals surface area contributed by atoms with Gasteiger partial charge in [-0.3, -0.25) is 4.99 Å². The smallest absolute Gasteiger partial charge is 0.220 e. The predicted octanol–water partition coefficient (Wildman–Crippen LogP) is 1.59. The number of piperazine rings is 1. The largest absolute Gasteiger partial charge is 0.364 e. The van der Waals surface area contributed by atoms with Crippen molar-refractivity contribution in [2.45, 2.75) is 26.1 Å². The highest BCUT2D eigenvalue weighted by Gasteiger charge is 2.29. The van der Waals surface area contributed by atoms with Crippen LogP contribution in [0.2, 0.25) is 0 Å². The van der Waals surface area contributed by atoms with E-state index in [0.29, 0.717) is 38.4 Å². The molecule has 2 aromatic heterocycles. The lowest BCUT2D eigenvalue weighted by Crippen LogP contribution is -2.53. The van der Waals surface area contributed by atoms with Crippen LogP contribution >= 0.6 is 35.3 Å². The molecule has 0 spiro atoms. The molecule has 1 saturated heterocycles. The molecule has 0 amide bonds. The first-order valence-corrected chi connectivity index (χ1v) is 11.1. The molecule has 156 valence electrons. The van der Waals surface area contributed by atoms with Gasteiger partial charge in [-0.05, 0) is 13.8 Å². The highest BCUT2D eigenvalue weighted by molar-refractivity contribution is 14.0. The van der Waals surface area contributed by atoms with E-state index in [2.05, 4.69) is 25.3 Å². The van der Waals surface area contributed by atoms with E-state index in [0.717, 1.165) is 16.7 Å². The molecule has 1 aliphatic rings. The quantitative estimate of drug-likeness (QED) is 0.349. The number of rotatable bonds is 5. The lowest BCUT2D eigenvalue weighted by Gasteiger charge is -2.35. The molecule has 9 nitrogen and oxygen atoms in total. The fraction of sp³-hybridized carbons (Fsp3) is 0.562. The molecule has 2 aromatic rings. The van der Waals surface area contributed by atoms with Gasteiger partial charge in [-0.25, -0.2) is 13.4 Å². The first-order chi connectivity index (χ1) is 12.9. The molecule has 0 aromatic carbocycles. The average molecular weight is 540 g/mol. The van der Waals surface area contributed by atoms with Crippen LogP contribution in [0.25, 0.3) is 0 Å². The van der Waals surface area contributed by atoms with Crippen LogP contribution in [0.1, 0.15) is 21.3 Å². The van der Waals surface area contributed by atoms with E-state index in [9.17, 15) is 8.42 Å². The number of aryl methyl sites for hydroxylation is 2. The Bertz CT molecular complexity index is 890. The summed E-state index contributed by atoms with van der Waals surface area (Å²) in [6.07, 6.45) is 1.38. The lowest BCUT2D eigenvalue weighted by atomic mass is 10.3. The summed E-state index contributed by atoms with van der Waals surface area (Å²) in [5.41, 5.74) is 1.45. The van der Waals surface area contributed by atoms with Crippen LogP contribution in [-0.4, -0.2) is 66.9 Å². The Balaban J connectivity index is 0.00000280. The summed E-state index contributed by atoms with van der Waals surface area (Å²) in [4.78, 5) is 12.0. The molecule has 3 heterocycles. The van der Waals surface area contributed by atoms with Gasteiger partial charge >= 0.3 is 0 Å². The predicted molar refractivity (Wildman–Crippen MR) is 119 cm³/mol. The van der Waals surface area contributed by atoms with E-state index in [4.69, 9.17) is 4.52 Å². The summed E-state index contributed by atoms with van der Waals surface area (Å²) in [5, 5.41) is 8.09. The fourth-order valence-electron chi connectivity index (χ4n) is 3.00. The van der Waals surface area contributed by atoms with E-state index in [-0.39, 0.29) is 29.7 Å². The van der Waals surface area contributed by atoms with Crippen LogP contribution in [-0.2, 0) is 22.3 Å². The van der Waals surface area contributed by atoms with Gasteiger partial charge in [0, 0.05) is 44.2 Å². The van der Waals surface area contributed by atoms with Crippen molar-refractivity contribution in [2.24, 2.45) is 4.99 Å². The Morgan fingerprint density at radius 2 is 2.04 bits per heavy atom. The van der Waals surface area contributed by atoms with Crippen LogP contribution < -0.4 is 5.32 Å². The first-order valence-electron chi connectivity index (χ1n) is 8.64. The van der Waals surface area contributed by atoms with Gasteiger partial charge in [0.1, 0.15) is 12.0 Å². The second-order valence-corrected chi connectivity index (χ2v) is 9.53. The maximum absolute atomic E-state index is 12.5. The standard InChI is InChI=1S/C16H24N6O3S2.HI/c1-12-15(26-13(2)19-12)10-18-16(17-3)21-5-7-22(8-6-21)27(23,24)11-14-4-9-25-20-14;/h4,9H,5-8,10-11H2,1-3H3,(H,17,18);1H. The van der Waals surface area contributed by atoms with Gasteiger partial charge in [0.2, 0.25) is 10.0 Å². The van der Waals surface area contributed by atoms with Crippen molar-refractivity contribution in [2.75, 3.05) is 33.2 Å². The third-order valence-electron chi connectivity index (χ3n) is 4.37. The zero-order valence-corrected chi connectivity index (χ0v) is 20.0. The molecular weight excluding hydrogens is 515 g/mol. The Morgan fingerprint density at radius 3 is 2.57 bits per heavy atom. The second-order valence-electron chi connectivity index (χ2n) is 6.28. The average Bonchev–Trinajstić information content (AvgIpc) is 3.24. The molecule has 0 saturated carbocycles. The van der Waals surface area contributed by atoms with Crippen molar-refractivity contribution in [1.82, 2.24) is 24.7 Å². The van der Waals surface area contributed by atoms with Crippen molar-refractivity contribution in [3.05, 3.63) is 33.6 Å². The summed E-state index contributed by atoms with van der Waals surface area (Å²) in [6.45, 7) is 6.65. The third-order valence-corrected chi connectivity index (χ3v) is 7.26. The fourth-order valence-corrected chi connectivity index (χ4v) is 5.30. The lowest BCUT2D eigenvalue weighted by molar-refractivity contribution is 0.260. The summed E-state index contributed by atoms with van der Waals surface area (Å²) >= 11 is 1.67. The van der Waals surface area contributed by atoms with Crippen molar-refractivity contribution in [3.8, 4) is 0 Å². The van der Waals surface area contributed by atoms with Crippen LogP contribution in [0.15, 0.2) is 21.8 Å². The number of nitrogens with zero attached hydrogens (tertiary/aromatic N) is 5. The van der Waals surface area contributed by atoms with Gasteiger partial charge < -0.3 is 14.7 Å². The van der Waals surface area contributed by atoms with Crippen LogP contribution in [0, 0.1) is 13.8 Å². The van der Waals surface area contributed by atoms with E-state index in [1.165, 1.54) is 15.4 Å². The molecule has 0 radical (unpaired) electrons. The van der Waals surface area contributed by atoms with Crippen molar-refractivity contribution in [3.63, 3.8) is 0 Å². The zero-order chi connectivity index (χ0) is 19.4. The molecule has 12 heteroatoms. The molecule has 1 fully saturated rings. The maximum atomic E-state index is 12.5. The minimum absolute atomic E-state index is 0. The Kier molecular flexibility index (Phi) is 8.21. The molecule has 3 rings (SSSR count). The molecule has 0 aliphatic carbocycles. The van der Waals surface area contributed by atoms with E-state index in [1.54, 1.807) is 24.5 Å². The topological polar surface area (TPSA) is 104 Å². The Morgan fingerprint density at radius 1 is 1.32 bits per heavy atom. The number of thiazole rings is 1. The zero-order valence-electron chi connectivity index (χ0n) is 16.1. The summed E-state index contributed by atoms with van der Waals surface area (Å²) in [5.74, 6) is 0.634. The monoisotopic (exact) mass is 540 g/mol. The van der Waals surface area contributed by atoms with Gasteiger partial charge in [0.15, 0.2) is 5.96 Å². The van der Waals surface area contributed by atoms with Crippen LogP contribution in [0.5, 0.6) is 0 Å². The minimum atomic E-state index is -3.40. The first kappa shape index (κ1) is 23.0. The van der Waals surface area contributed by atoms with Gasteiger partial charge in [-0.15, -0.1) is 35.3 Å². The van der Waals surface area contributed by atoms with E-state index in [1.807, 2.05) is 13.8 Å². The van der Waals surface area contributed by atoms with Crippen molar-refractivity contribution >= 4 is 51.3 Å². The molecule has 0 bridgehead atoms. The van der Waals surface area contributed by atoms with Crippen LogP contribution in [0.4, 0.5) is 0 Å². The van der Waals surface area contributed by atoms with E-state index >= 15 is 0 Å². The second kappa shape index (κ2) is 9.98. The summed E-state index contributed by atoms with van der Waals surface area (Å²) < 4.78 is 31.3. The summed E-state index contributed by atoms with van der Waals surface area (Å²) in [6, 6.07) is 1.57. The molecule has 28 heavy (non-hydrogen) atoms. The number of hydrogen-bond donors (Lipinski definition) is 1. The number of aromatic nitrogens is 2. The normalized spacial score (nSPS) is 16.1. The van der Waals surface area contributed by atoms with Gasteiger partial charge in [0.05, 0.1) is 22.9 Å². The highest BCUT2D eigenvalue weighted by atomic mass is 127. The molecule has 1 aliphatic heterocycles. The number of sulfonamides is 1. The van der Waals surface area contributed by atoms with Crippen molar-refractivity contribution in [1.29, 1.82) is 0 Å². The number of nitrogens with one attached hydrogen (secondary N) is 1. The van der Waals surface area contributed by atoms with Crippen molar-refractivity contribution < 1.29 is 12.9 Å². The van der Waals surface area contributed by atoms with E-state index < -0.39 is 10.0 Å². The highest BCUT2D eigenvalue weighted by Crippen LogP contribution is 2.17. The summed E-state index contributed by atoms with van der Waals surface area (Å²) in [7, 11) is -1.67. The Labute approximate surface area is 186 Å². The molecule has 1 N–H and O–H groups in total.